The van der Waals surface area contributed by atoms with E-state index in [1.165, 1.54) is 33.5 Å². The monoisotopic (exact) mass is 504 g/mol. The fourth-order valence-corrected chi connectivity index (χ4v) is 4.46. The Morgan fingerprint density at radius 1 is 0.833 bits per heavy atom. The molecule has 0 aliphatic carbocycles. The molecule has 0 amide bonds. The summed E-state index contributed by atoms with van der Waals surface area (Å²) in [6.45, 7) is 1.96. The van der Waals surface area contributed by atoms with Crippen molar-refractivity contribution in [3.8, 4) is 17.2 Å². The summed E-state index contributed by atoms with van der Waals surface area (Å²) >= 11 is 1.04. The van der Waals surface area contributed by atoms with Gasteiger partial charge in [-0.05, 0) is 42.3 Å². The number of carbonyl (C=O) groups is 2. The van der Waals surface area contributed by atoms with Gasteiger partial charge in [-0.15, -0.1) is 0 Å². The van der Waals surface area contributed by atoms with E-state index >= 15 is 0 Å². The van der Waals surface area contributed by atoms with Crippen molar-refractivity contribution < 1.29 is 28.9 Å². The van der Waals surface area contributed by atoms with E-state index in [0.29, 0.717) is 33.8 Å². The largest absolute Gasteiger partial charge is 0.493 e. The van der Waals surface area contributed by atoms with Crippen molar-refractivity contribution in [2.24, 2.45) is 0 Å². The minimum atomic E-state index is -1.22. The standard InChI is InChI=1S/C27H24N2O6S/c1-15-5-7-16(8-6-15)11-19(24(27(31)32)17-9-10-20-21(12-17)29-36-28-20)25(30)18-13-22(33-2)26(35-4)23(14-18)34-3/h5-10,12-14H,11H2,1-4H3,(H,31,32)/b24-19+. The van der Waals surface area contributed by atoms with Crippen molar-refractivity contribution in [2.75, 3.05) is 21.3 Å². The second kappa shape index (κ2) is 10.6. The van der Waals surface area contributed by atoms with Crippen LogP contribution >= 0.6 is 11.7 Å². The van der Waals surface area contributed by atoms with Crippen molar-refractivity contribution in [1.29, 1.82) is 0 Å². The number of carbonyl (C=O) groups excluding carboxylic acids is 1. The number of aryl methyl sites for hydroxylation is 1. The van der Waals surface area contributed by atoms with Gasteiger partial charge in [0.1, 0.15) is 11.0 Å². The van der Waals surface area contributed by atoms with Crippen LogP contribution in [0.4, 0.5) is 0 Å². The Kier molecular flexibility index (Phi) is 7.30. The summed E-state index contributed by atoms with van der Waals surface area (Å²) in [6.07, 6.45) is 0.102. The molecule has 3 aromatic carbocycles. The predicted molar refractivity (Wildman–Crippen MR) is 137 cm³/mol. The number of fused-ring (bicyclic) bond motifs is 1. The maximum absolute atomic E-state index is 14.0. The summed E-state index contributed by atoms with van der Waals surface area (Å²) in [4.78, 5) is 26.6. The number of carboxylic acid groups (broad SMARTS) is 1. The van der Waals surface area contributed by atoms with Crippen LogP contribution in [0.15, 0.2) is 60.2 Å². The van der Waals surface area contributed by atoms with Crippen LogP contribution in [0.1, 0.15) is 27.0 Å². The highest BCUT2D eigenvalue weighted by Crippen LogP contribution is 2.39. The first-order valence-electron chi connectivity index (χ1n) is 11.0. The molecule has 0 aliphatic heterocycles. The molecular weight excluding hydrogens is 480 g/mol. The Bertz CT molecular complexity index is 1450. The number of methoxy groups -OCH3 is 3. The lowest BCUT2D eigenvalue weighted by Gasteiger charge is -2.16. The number of hydrogen-bond donors (Lipinski definition) is 1. The minimum Gasteiger partial charge on any atom is -0.493 e. The third-order valence-electron chi connectivity index (χ3n) is 5.76. The molecule has 184 valence electrons. The molecule has 0 spiro atoms. The van der Waals surface area contributed by atoms with Crippen LogP contribution in [-0.2, 0) is 11.2 Å². The topological polar surface area (TPSA) is 108 Å². The van der Waals surface area contributed by atoms with Crippen LogP contribution in [0, 0.1) is 6.92 Å². The number of aromatic nitrogens is 2. The molecule has 1 heterocycles. The Balaban J connectivity index is 1.95. The lowest BCUT2D eigenvalue weighted by molar-refractivity contribution is -0.130. The van der Waals surface area contributed by atoms with E-state index < -0.39 is 11.8 Å². The van der Waals surface area contributed by atoms with Gasteiger partial charge in [0.25, 0.3) is 0 Å². The first-order valence-corrected chi connectivity index (χ1v) is 11.7. The third kappa shape index (κ3) is 4.92. The normalized spacial score (nSPS) is 11.7. The minimum absolute atomic E-state index is 0.102. The summed E-state index contributed by atoms with van der Waals surface area (Å²) in [5.41, 5.74) is 3.65. The number of allylic oxidation sites excluding steroid dienone is 1. The van der Waals surface area contributed by atoms with Crippen LogP contribution in [0.25, 0.3) is 16.6 Å². The zero-order valence-corrected chi connectivity index (χ0v) is 21.0. The highest BCUT2D eigenvalue weighted by atomic mass is 32.1. The van der Waals surface area contributed by atoms with Crippen LogP contribution < -0.4 is 14.2 Å². The molecule has 0 saturated carbocycles. The van der Waals surface area contributed by atoms with Crippen molar-refractivity contribution >= 4 is 40.1 Å². The van der Waals surface area contributed by atoms with Crippen molar-refractivity contribution in [3.05, 3.63) is 82.4 Å². The maximum Gasteiger partial charge on any atom is 0.336 e. The predicted octanol–water partition coefficient (Wildman–Crippen LogP) is 4.99. The quantitative estimate of drug-likeness (QED) is 0.251. The van der Waals surface area contributed by atoms with E-state index in [9.17, 15) is 14.7 Å². The molecule has 1 N–H and O–H groups in total. The molecule has 0 unspecified atom stereocenters. The Morgan fingerprint density at radius 3 is 2.06 bits per heavy atom. The summed E-state index contributed by atoms with van der Waals surface area (Å²) in [6, 6.07) is 15.6. The summed E-state index contributed by atoms with van der Waals surface area (Å²) in [5.74, 6) is -0.770. The number of rotatable bonds is 9. The summed E-state index contributed by atoms with van der Waals surface area (Å²) in [5, 5.41) is 10.3. The van der Waals surface area contributed by atoms with Gasteiger partial charge in [0.05, 0.1) is 38.6 Å². The number of hydrogen-bond acceptors (Lipinski definition) is 8. The van der Waals surface area contributed by atoms with E-state index in [0.717, 1.165) is 22.9 Å². The van der Waals surface area contributed by atoms with Gasteiger partial charge in [0, 0.05) is 17.6 Å². The van der Waals surface area contributed by atoms with Gasteiger partial charge in [0.2, 0.25) is 5.75 Å². The van der Waals surface area contributed by atoms with Crippen LogP contribution in [-0.4, -0.2) is 46.9 Å². The average molecular weight is 505 g/mol. The molecule has 0 fully saturated rings. The fourth-order valence-electron chi connectivity index (χ4n) is 3.94. The second-order valence-corrected chi connectivity index (χ2v) is 8.56. The molecule has 8 nitrogen and oxygen atoms in total. The van der Waals surface area contributed by atoms with Crippen molar-refractivity contribution in [2.45, 2.75) is 13.3 Å². The van der Waals surface area contributed by atoms with Crippen molar-refractivity contribution in [3.63, 3.8) is 0 Å². The first-order chi connectivity index (χ1) is 17.4. The number of Topliss-reactive ketones (excluding diaryl/α,β-unsaturated/α-hetero) is 1. The number of carboxylic acids is 1. The number of nitrogens with zero attached hydrogens (tertiary/aromatic N) is 2. The fraction of sp³-hybridized carbons (Fsp3) is 0.185. The average Bonchev–Trinajstić information content (AvgIpc) is 3.36. The highest BCUT2D eigenvalue weighted by Gasteiger charge is 2.26. The van der Waals surface area contributed by atoms with E-state index in [1.807, 2.05) is 31.2 Å². The Hall–Kier alpha value is -4.24. The van der Waals surface area contributed by atoms with Gasteiger partial charge in [-0.1, -0.05) is 35.9 Å². The van der Waals surface area contributed by atoms with Crippen LogP contribution in [0.3, 0.4) is 0 Å². The highest BCUT2D eigenvalue weighted by molar-refractivity contribution is 7.00. The molecular formula is C27H24N2O6S. The van der Waals surface area contributed by atoms with E-state index in [1.54, 1.807) is 18.2 Å². The lowest BCUT2D eigenvalue weighted by Crippen LogP contribution is -2.14. The molecule has 0 radical (unpaired) electrons. The Labute approximate surface area is 212 Å². The van der Waals surface area contributed by atoms with E-state index in [2.05, 4.69) is 8.75 Å². The molecule has 1 aromatic heterocycles. The number of ketones is 1. The van der Waals surface area contributed by atoms with E-state index in [4.69, 9.17) is 14.2 Å². The van der Waals surface area contributed by atoms with Gasteiger partial charge in [-0.2, -0.15) is 8.75 Å². The second-order valence-electron chi connectivity index (χ2n) is 8.03. The zero-order valence-electron chi connectivity index (χ0n) is 20.2. The number of ether oxygens (including phenoxy) is 3. The number of benzene rings is 3. The molecule has 36 heavy (non-hydrogen) atoms. The van der Waals surface area contributed by atoms with Gasteiger partial charge in [-0.25, -0.2) is 4.79 Å². The summed E-state index contributed by atoms with van der Waals surface area (Å²) in [7, 11) is 4.37. The smallest absolute Gasteiger partial charge is 0.336 e. The Morgan fingerprint density at radius 2 is 1.47 bits per heavy atom. The summed E-state index contributed by atoms with van der Waals surface area (Å²) < 4.78 is 24.6. The molecule has 0 saturated heterocycles. The van der Waals surface area contributed by atoms with Gasteiger partial charge >= 0.3 is 5.97 Å². The van der Waals surface area contributed by atoms with Gasteiger partial charge in [0.15, 0.2) is 17.3 Å². The van der Waals surface area contributed by atoms with Crippen LogP contribution in [0.2, 0.25) is 0 Å². The van der Waals surface area contributed by atoms with Gasteiger partial charge < -0.3 is 19.3 Å². The first kappa shape index (κ1) is 24.9. The number of aliphatic carboxylic acids is 1. The SMILES string of the molecule is COc1cc(C(=O)/C(Cc2ccc(C)cc2)=C(/C(=O)O)c2ccc3nsnc3c2)cc(OC)c1OC. The molecule has 4 rings (SSSR count). The third-order valence-corrected chi connectivity index (χ3v) is 6.32. The van der Waals surface area contributed by atoms with Crippen molar-refractivity contribution in [1.82, 2.24) is 8.75 Å². The van der Waals surface area contributed by atoms with E-state index in [-0.39, 0.29) is 23.1 Å². The van der Waals surface area contributed by atoms with Crippen LogP contribution in [0.5, 0.6) is 17.2 Å². The lowest BCUT2D eigenvalue weighted by atomic mass is 9.89. The molecule has 0 aliphatic rings. The molecule has 0 atom stereocenters. The molecule has 9 heteroatoms. The molecule has 4 aromatic rings. The zero-order chi connectivity index (χ0) is 25.8. The molecule has 0 bridgehead atoms. The maximum atomic E-state index is 14.0. The van der Waals surface area contributed by atoms with Gasteiger partial charge in [-0.3, -0.25) is 4.79 Å².